The Morgan fingerprint density at radius 2 is 1.74 bits per heavy atom. The van der Waals surface area contributed by atoms with Crippen LogP contribution in [0.2, 0.25) is 0 Å². The minimum Gasteiger partial charge on any atom is -0.477 e. The second-order valence-corrected chi connectivity index (χ2v) is 7.10. The van der Waals surface area contributed by atoms with Crippen molar-refractivity contribution in [1.29, 1.82) is 0 Å². The van der Waals surface area contributed by atoms with Crippen LogP contribution in [-0.2, 0) is 14.3 Å². The summed E-state index contributed by atoms with van der Waals surface area (Å²) in [5.41, 5.74) is 0. The summed E-state index contributed by atoms with van der Waals surface area (Å²) in [6.45, 7) is -0.614. The molecule has 9 nitrogen and oxygen atoms in total. The summed E-state index contributed by atoms with van der Waals surface area (Å²) >= 11 is 2.10. The fourth-order valence-electron chi connectivity index (χ4n) is 2.22. The van der Waals surface area contributed by atoms with Gasteiger partial charge in [0.05, 0.1) is 11.5 Å². The Balaban J connectivity index is 2.14. The number of amides is 1. The Hall–Kier alpha value is -0.820. The summed E-state index contributed by atoms with van der Waals surface area (Å²) in [4.78, 5) is 23.3. The third-order valence-electron chi connectivity index (χ3n) is 3.38. The van der Waals surface area contributed by atoms with Crippen molar-refractivity contribution in [3.63, 3.8) is 0 Å². The predicted molar refractivity (Wildman–Crippen MR) is 81.5 cm³/mol. The number of hydrogen-bond acceptors (Lipinski definition) is 9. The van der Waals surface area contributed by atoms with Gasteiger partial charge in [-0.1, -0.05) is 0 Å². The van der Waals surface area contributed by atoms with Gasteiger partial charge in [0, 0.05) is 11.5 Å². The summed E-state index contributed by atoms with van der Waals surface area (Å²) in [7, 11) is 0. The van der Waals surface area contributed by atoms with E-state index in [0.29, 0.717) is 11.5 Å². The molecule has 11 heteroatoms. The summed E-state index contributed by atoms with van der Waals surface area (Å²) in [5.74, 6) is -0.904. The van der Waals surface area contributed by atoms with Gasteiger partial charge in [-0.3, -0.25) is 4.79 Å². The van der Waals surface area contributed by atoms with Crippen LogP contribution in [0.1, 0.15) is 0 Å². The van der Waals surface area contributed by atoms with Gasteiger partial charge < -0.3 is 35.6 Å². The molecule has 2 unspecified atom stereocenters. The molecule has 0 bridgehead atoms. The molecule has 6 N–H and O–H groups in total. The maximum atomic E-state index is 12.3. The number of nitrogens with one attached hydrogen (secondary N) is 1. The summed E-state index contributed by atoms with van der Waals surface area (Å²) in [6.07, 6.45) is -5.91. The van der Waals surface area contributed by atoms with Gasteiger partial charge >= 0.3 is 5.97 Å². The van der Waals surface area contributed by atoms with Crippen LogP contribution in [0.5, 0.6) is 0 Å². The number of rotatable bonds is 4. The Bertz CT molecular complexity index is 513. The number of hydrogen-bond donors (Lipinski definition) is 6. The van der Waals surface area contributed by atoms with Gasteiger partial charge in [-0.15, -0.1) is 23.5 Å². The van der Waals surface area contributed by atoms with E-state index in [0.717, 1.165) is 23.5 Å². The molecule has 0 saturated carbocycles. The van der Waals surface area contributed by atoms with Crippen LogP contribution < -0.4 is 5.32 Å². The molecule has 2 aliphatic heterocycles. The lowest BCUT2D eigenvalue weighted by Crippen LogP contribution is -2.64. The lowest BCUT2D eigenvalue weighted by atomic mass is 9.97. The minimum absolute atomic E-state index is 0.0214. The van der Waals surface area contributed by atoms with E-state index in [-0.39, 0.29) is 9.81 Å². The second kappa shape index (κ2) is 7.83. The van der Waals surface area contributed by atoms with E-state index in [1.807, 2.05) is 0 Å². The zero-order valence-electron chi connectivity index (χ0n) is 11.8. The number of ether oxygens (including phenoxy) is 1. The standard InChI is InChI=1S/C12H17NO8S2/c14-3-4-6(15)7(16)5(12(20)21-4)13-10(17)8-9(11(18)19)23-2-1-22-8/h4-7,12,14-16,20H,1-3H2,(H,13,17)(H,18,19)/t4?,5-,6?,7-,12+/m0/s1. The molecule has 1 amide bonds. The normalized spacial score (nSPS) is 35.0. The Labute approximate surface area is 139 Å². The predicted octanol–water partition coefficient (Wildman–Crippen LogP) is -2.32. The van der Waals surface area contributed by atoms with E-state index in [1.54, 1.807) is 0 Å². The quantitative estimate of drug-likeness (QED) is 0.319. The molecular weight excluding hydrogens is 350 g/mol. The van der Waals surface area contributed by atoms with Crippen molar-refractivity contribution in [2.24, 2.45) is 0 Å². The lowest BCUT2D eigenvalue weighted by Gasteiger charge is -2.40. The van der Waals surface area contributed by atoms with Crippen LogP contribution in [0.3, 0.4) is 0 Å². The van der Waals surface area contributed by atoms with Gasteiger partial charge in [-0.2, -0.15) is 0 Å². The third-order valence-corrected chi connectivity index (χ3v) is 5.93. The van der Waals surface area contributed by atoms with Crippen molar-refractivity contribution in [1.82, 2.24) is 5.32 Å². The summed E-state index contributed by atoms with van der Waals surface area (Å²) in [6, 6.07) is -1.35. The molecule has 2 rings (SSSR count). The lowest BCUT2D eigenvalue weighted by molar-refractivity contribution is -0.253. The highest BCUT2D eigenvalue weighted by Crippen LogP contribution is 2.34. The van der Waals surface area contributed by atoms with Gasteiger partial charge in [0.1, 0.15) is 29.3 Å². The molecule has 0 aromatic carbocycles. The molecule has 0 spiro atoms. The Kier molecular flexibility index (Phi) is 6.31. The van der Waals surface area contributed by atoms with Crippen LogP contribution in [0.25, 0.3) is 0 Å². The molecule has 130 valence electrons. The van der Waals surface area contributed by atoms with Crippen molar-refractivity contribution in [3.8, 4) is 0 Å². The van der Waals surface area contributed by atoms with E-state index in [2.05, 4.69) is 5.32 Å². The molecular formula is C12H17NO8S2. The average molecular weight is 367 g/mol. The van der Waals surface area contributed by atoms with Crippen LogP contribution in [-0.4, -0.2) is 86.2 Å². The topological polar surface area (TPSA) is 157 Å². The molecule has 0 radical (unpaired) electrons. The molecule has 2 heterocycles. The first-order chi connectivity index (χ1) is 10.9. The first-order valence-corrected chi connectivity index (χ1v) is 8.68. The van der Waals surface area contributed by atoms with Crippen LogP contribution in [0.4, 0.5) is 0 Å². The molecule has 0 aromatic heterocycles. The van der Waals surface area contributed by atoms with E-state index in [9.17, 15) is 24.9 Å². The van der Waals surface area contributed by atoms with Gasteiger partial charge in [0.15, 0.2) is 6.29 Å². The third kappa shape index (κ3) is 3.99. The molecule has 23 heavy (non-hydrogen) atoms. The smallest absolute Gasteiger partial charge is 0.343 e. The SMILES string of the molecule is O=C(O)C1=C(C(=O)N[C@@H]2[C@H](O)OC(CO)C(O)[C@H]2O)SCCS1. The van der Waals surface area contributed by atoms with Gasteiger partial charge in [0.25, 0.3) is 5.91 Å². The number of aliphatic hydroxyl groups excluding tert-OH is 4. The Morgan fingerprint density at radius 3 is 2.30 bits per heavy atom. The van der Waals surface area contributed by atoms with Crippen molar-refractivity contribution in [2.75, 3.05) is 18.1 Å². The van der Waals surface area contributed by atoms with Crippen molar-refractivity contribution < 1.29 is 39.9 Å². The number of thioether (sulfide) groups is 2. The average Bonchev–Trinajstić information content (AvgIpc) is 2.54. The molecule has 0 aromatic rings. The summed E-state index contributed by atoms with van der Waals surface area (Å²) < 4.78 is 4.93. The van der Waals surface area contributed by atoms with Crippen molar-refractivity contribution >= 4 is 35.4 Å². The van der Waals surface area contributed by atoms with Gasteiger partial charge in [0.2, 0.25) is 0 Å². The second-order valence-electron chi connectivity index (χ2n) is 4.89. The first-order valence-electron chi connectivity index (χ1n) is 6.71. The van der Waals surface area contributed by atoms with Gasteiger partial charge in [-0.25, -0.2) is 4.79 Å². The van der Waals surface area contributed by atoms with E-state index < -0.39 is 49.1 Å². The molecule has 2 aliphatic rings. The maximum absolute atomic E-state index is 12.3. The van der Waals surface area contributed by atoms with E-state index >= 15 is 0 Å². The number of aliphatic carboxylic acids is 1. The highest BCUT2D eigenvalue weighted by molar-refractivity contribution is 8.11. The van der Waals surface area contributed by atoms with Crippen molar-refractivity contribution in [3.05, 3.63) is 9.81 Å². The van der Waals surface area contributed by atoms with E-state index in [1.165, 1.54) is 0 Å². The fraction of sp³-hybridized carbons (Fsp3) is 0.667. The van der Waals surface area contributed by atoms with Crippen molar-refractivity contribution in [2.45, 2.75) is 30.6 Å². The summed E-state index contributed by atoms with van der Waals surface area (Å²) in [5, 5.41) is 50.0. The zero-order chi connectivity index (χ0) is 17.1. The fourth-order valence-corrected chi connectivity index (χ4v) is 4.40. The van der Waals surface area contributed by atoms with Gasteiger partial charge in [-0.05, 0) is 0 Å². The molecule has 0 aliphatic carbocycles. The van der Waals surface area contributed by atoms with E-state index in [4.69, 9.17) is 14.9 Å². The van der Waals surface area contributed by atoms with Crippen LogP contribution >= 0.6 is 23.5 Å². The molecule has 5 atom stereocenters. The number of carboxylic acid groups (broad SMARTS) is 1. The number of aliphatic hydroxyl groups is 4. The highest BCUT2D eigenvalue weighted by atomic mass is 32.2. The minimum atomic E-state index is -1.65. The first kappa shape index (κ1) is 18.5. The van der Waals surface area contributed by atoms with Crippen LogP contribution in [0.15, 0.2) is 9.81 Å². The van der Waals surface area contributed by atoms with Crippen LogP contribution in [0, 0.1) is 0 Å². The highest BCUT2D eigenvalue weighted by Gasteiger charge is 2.44. The zero-order valence-corrected chi connectivity index (χ0v) is 13.4. The monoisotopic (exact) mass is 367 g/mol. The largest absolute Gasteiger partial charge is 0.477 e. The Morgan fingerprint density at radius 1 is 1.13 bits per heavy atom. The maximum Gasteiger partial charge on any atom is 0.343 e. The number of carbonyl (C=O) groups is 2. The number of carbonyl (C=O) groups excluding carboxylic acids is 1. The molecule has 1 saturated heterocycles. The number of carboxylic acids is 1. The molecule has 1 fully saturated rings.